The highest BCUT2D eigenvalue weighted by atomic mass is 32.2. The summed E-state index contributed by atoms with van der Waals surface area (Å²) < 4.78 is 39.3. The van der Waals surface area contributed by atoms with Crippen molar-refractivity contribution < 1.29 is 37.1 Å². The van der Waals surface area contributed by atoms with Gasteiger partial charge in [-0.15, -0.1) is 0 Å². The van der Waals surface area contributed by atoms with Gasteiger partial charge in [-0.1, -0.05) is 44.2 Å². The molecule has 1 heterocycles. The van der Waals surface area contributed by atoms with Crippen LogP contribution in [0, 0.1) is 5.92 Å². The van der Waals surface area contributed by atoms with Crippen molar-refractivity contribution in [3.8, 4) is 0 Å². The summed E-state index contributed by atoms with van der Waals surface area (Å²) in [4.78, 5) is 51.9. The minimum atomic E-state index is -3.99. The lowest BCUT2D eigenvalue weighted by atomic mass is 10.0. The molecule has 1 fully saturated rings. The van der Waals surface area contributed by atoms with E-state index in [0.717, 1.165) is 9.87 Å². The van der Waals surface area contributed by atoms with Crippen LogP contribution in [0.1, 0.15) is 54.0 Å². The number of amides is 3. The number of esters is 1. The van der Waals surface area contributed by atoms with E-state index >= 15 is 0 Å². The van der Waals surface area contributed by atoms with Crippen molar-refractivity contribution in [1.82, 2.24) is 25.6 Å². The SMILES string of the molecule is CCNC(=O)[C@@H](NC(=O)[C@H](C)NC[C@H](Cc1ccccc1)NC(=O)c1cc(C(=O)OC)cc(N(C)S(=O)(=O)N2CCOCC2)c1)C(C)C. The van der Waals surface area contributed by atoms with Crippen molar-refractivity contribution in [3.05, 3.63) is 65.2 Å². The molecule has 0 spiro atoms. The zero-order valence-electron chi connectivity index (χ0n) is 28.4. The van der Waals surface area contributed by atoms with Crippen LogP contribution in [0.3, 0.4) is 0 Å². The third-order valence-corrected chi connectivity index (χ3v) is 9.85. The molecule has 48 heavy (non-hydrogen) atoms. The zero-order chi connectivity index (χ0) is 35.4. The van der Waals surface area contributed by atoms with E-state index in [-0.39, 0.29) is 67.4 Å². The third kappa shape index (κ3) is 10.5. The van der Waals surface area contributed by atoms with Gasteiger partial charge in [0.2, 0.25) is 11.8 Å². The highest BCUT2D eigenvalue weighted by molar-refractivity contribution is 7.90. The molecule has 3 rings (SSSR count). The van der Waals surface area contributed by atoms with Crippen molar-refractivity contribution >= 4 is 39.6 Å². The predicted molar refractivity (Wildman–Crippen MR) is 182 cm³/mol. The second-order valence-corrected chi connectivity index (χ2v) is 13.8. The monoisotopic (exact) mass is 688 g/mol. The Kier molecular flexibility index (Phi) is 14.3. The molecule has 2 aromatic rings. The van der Waals surface area contributed by atoms with Crippen LogP contribution in [0.15, 0.2) is 48.5 Å². The Bertz CT molecular complexity index is 1520. The number of hydrogen-bond donors (Lipinski definition) is 4. The minimum absolute atomic E-state index is 0.000906. The Morgan fingerprint density at radius 1 is 0.958 bits per heavy atom. The van der Waals surface area contributed by atoms with E-state index < -0.39 is 40.2 Å². The van der Waals surface area contributed by atoms with E-state index in [9.17, 15) is 27.6 Å². The predicted octanol–water partition coefficient (Wildman–Crippen LogP) is 1.08. The number of nitrogens with one attached hydrogen (secondary N) is 4. The van der Waals surface area contributed by atoms with Gasteiger partial charge in [0.1, 0.15) is 6.04 Å². The lowest BCUT2D eigenvalue weighted by Crippen LogP contribution is -2.55. The number of carbonyl (C=O) groups is 4. The standard InChI is InChI=1S/C33H48N6O8S/c1-7-34-32(42)29(22(2)3)37-30(40)23(4)35-21-27(17-24-11-9-8-10-12-24)36-31(41)25-18-26(33(43)46-6)20-28(19-25)38(5)48(44,45)39-13-15-47-16-14-39/h8-12,18-20,22-23,27,29,35H,7,13-17,21H2,1-6H3,(H,34,42)(H,36,41)(H,37,40)/t23-,27-,29-/m0/s1. The molecule has 14 nitrogen and oxygen atoms in total. The first-order chi connectivity index (χ1) is 22.8. The van der Waals surface area contributed by atoms with Crippen molar-refractivity contribution in [2.45, 2.75) is 52.2 Å². The topological polar surface area (TPSA) is 175 Å². The summed E-state index contributed by atoms with van der Waals surface area (Å²) in [5, 5.41) is 11.7. The lowest BCUT2D eigenvalue weighted by molar-refractivity contribution is -0.130. The van der Waals surface area contributed by atoms with Crippen LogP contribution in [-0.2, 0) is 35.7 Å². The van der Waals surface area contributed by atoms with Crippen LogP contribution in [0.25, 0.3) is 0 Å². The number of likely N-dealkylation sites (N-methyl/N-ethyl adjacent to an activating group) is 1. The fourth-order valence-corrected chi connectivity index (χ4v) is 6.42. The number of anilines is 1. The molecule has 1 aliphatic heterocycles. The molecule has 0 radical (unpaired) electrons. The van der Waals surface area contributed by atoms with Gasteiger partial charge in [-0.3, -0.25) is 18.7 Å². The summed E-state index contributed by atoms with van der Waals surface area (Å²) in [6.07, 6.45) is 0.399. The van der Waals surface area contributed by atoms with Crippen LogP contribution in [-0.4, -0.2) is 108 Å². The first-order valence-electron chi connectivity index (χ1n) is 16.0. The molecule has 1 aliphatic rings. The summed E-state index contributed by atoms with van der Waals surface area (Å²) in [6.45, 7) is 8.65. The maximum Gasteiger partial charge on any atom is 0.337 e. The molecule has 15 heteroatoms. The molecule has 3 amide bonds. The highest BCUT2D eigenvalue weighted by Crippen LogP contribution is 2.24. The van der Waals surface area contributed by atoms with Gasteiger partial charge in [-0.2, -0.15) is 12.7 Å². The maximum absolute atomic E-state index is 13.8. The number of benzene rings is 2. The maximum atomic E-state index is 13.8. The van der Waals surface area contributed by atoms with E-state index in [2.05, 4.69) is 21.3 Å². The molecule has 2 aromatic carbocycles. The largest absolute Gasteiger partial charge is 0.465 e. The van der Waals surface area contributed by atoms with Crippen LogP contribution < -0.4 is 25.6 Å². The number of nitrogens with zero attached hydrogens (tertiary/aromatic N) is 2. The summed E-state index contributed by atoms with van der Waals surface area (Å²) in [5.41, 5.74) is 1.07. The smallest absolute Gasteiger partial charge is 0.337 e. The molecular weight excluding hydrogens is 640 g/mol. The number of morpholine rings is 1. The Hall–Kier alpha value is -4.05. The van der Waals surface area contributed by atoms with E-state index in [1.54, 1.807) is 13.8 Å². The van der Waals surface area contributed by atoms with Crippen LogP contribution in [0.2, 0.25) is 0 Å². The number of ether oxygens (including phenoxy) is 2. The highest BCUT2D eigenvalue weighted by Gasteiger charge is 2.31. The normalized spacial score (nSPS) is 15.6. The van der Waals surface area contributed by atoms with Crippen molar-refractivity contribution in [1.29, 1.82) is 0 Å². The minimum Gasteiger partial charge on any atom is -0.465 e. The first kappa shape index (κ1) is 38.4. The molecule has 0 saturated carbocycles. The van der Waals surface area contributed by atoms with E-state index in [1.807, 2.05) is 44.2 Å². The Labute approximate surface area is 283 Å². The van der Waals surface area contributed by atoms with Crippen LogP contribution in [0.4, 0.5) is 5.69 Å². The molecule has 4 N–H and O–H groups in total. The van der Waals surface area contributed by atoms with Gasteiger partial charge in [0.15, 0.2) is 0 Å². The molecule has 0 bridgehead atoms. The summed E-state index contributed by atoms with van der Waals surface area (Å²) in [6, 6.07) is 11.6. The molecule has 3 atom stereocenters. The number of rotatable bonds is 16. The zero-order valence-corrected chi connectivity index (χ0v) is 29.3. The second-order valence-electron chi connectivity index (χ2n) is 11.9. The molecule has 0 aromatic heterocycles. The van der Waals surface area contributed by atoms with Gasteiger partial charge in [0, 0.05) is 44.8 Å². The van der Waals surface area contributed by atoms with Crippen molar-refractivity contribution in [2.75, 3.05) is 57.9 Å². The van der Waals surface area contributed by atoms with Gasteiger partial charge < -0.3 is 30.7 Å². The van der Waals surface area contributed by atoms with Gasteiger partial charge in [-0.05, 0) is 49.9 Å². The molecule has 1 saturated heterocycles. The van der Waals surface area contributed by atoms with E-state index in [1.165, 1.54) is 36.7 Å². The fraction of sp³-hybridized carbons (Fsp3) is 0.515. The lowest BCUT2D eigenvalue weighted by Gasteiger charge is -2.31. The average Bonchev–Trinajstić information content (AvgIpc) is 3.08. The summed E-state index contributed by atoms with van der Waals surface area (Å²) in [7, 11) is -1.44. The number of methoxy groups -OCH3 is 1. The average molecular weight is 689 g/mol. The molecular formula is C33H48N6O8S. The first-order valence-corrected chi connectivity index (χ1v) is 17.4. The van der Waals surface area contributed by atoms with Gasteiger partial charge in [0.25, 0.3) is 5.91 Å². The van der Waals surface area contributed by atoms with Crippen molar-refractivity contribution in [2.24, 2.45) is 5.92 Å². The molecule has 0 aliphatic carbocycles. The molecule has 264 valence electrons. The fourth-order valence-electron chi connectivity index (χ4n) is 5.09. The van der Waals surface area contributed by atoms with Crippen LogP contribution in [0.5, 0.6) is 0 Å². The van der Waals surface area contributed by atoms with Gasteiger partial charge in [-0.25, -0.2) is 4.79 Å². The molecule has 0 unspecified atom stereocenters. The summed E-state index contributed by atoms with van der Waals surface area (Å²) in [5.74, 6) is -2.07. The van der Waals surface area contributed by atoms with E-state index in [4.69, 9.17) is 9.47 Å². The Morgan fingerprint density at radius 2 is 1.60 bits per heavy atom. The van der Waals surface area contributed by atoms with Crippen molar-refractivity contribution in [3.63, 3.8) is 0 Å². The quantitative estimate of drug-likeness (QED) is 0.188. The van der Waals surface area contributed by atoms with Gasteiger partial charge >= 0.3 is 16.2 Å². The number of carbonyl (C=O) groups excluding carboxylic acids is 4. The van der Waals surface area contributed by atoms with Gasteiger partial charge in [0.05, 0.1) is 37.6 Å². The number of hydrogen-bond acceptors (Lipinski definition) is 9. The summed E-state index contributed by atoms with van der Waals surface area (Å²) >= 11 is 0. The Balaban J connectivity index is 1.84. The Morgan fingerprint density at radius 3 is 2.21 bits per heavy atom. The third-order valence-electron chi connectivity index (χ3n) is 7.93. The van der Waals surface area contributed by atoms with Crippen LogP contribution >= 0.6 is 0 Å². The second kappa shape index (κ2) is 17.9. The van der Waals surface area contributed by atoms with E-state index in [0.29, 0.717) is 13.0 Å².